The summed E-state index contributed by atoms with van der Waals surface area (Å²) in [5.74, 6) is 1.56. The summed E-state index contributed by atoms with van der Waals surface area (Å²) in [5.41, 5.74) is 0. The smallest absolute Gasteiger partial charge is 0.0507 e. The third-order valence-electron chi connectivity index (χ3n) is 3.69. The Morgan fingerprint density at radius 3 is 2.87 bits per heavy atom. The summed E-state index contributed by atoms with van der Waals surface area (Å²) >= 11 is 6.06. The van der Waals surface area contributed by atoms with Gasteiger partial charge in [0.05, 0.1) is 6.61 Å². The lowest BCUT2D eigenvalue weighted by Crippen LogP contribution is -2.39. The molecule has 0 saturated carbocycles. The van der Waals surface area contributed by atoms with Crippen LogP contribution in [0.25, 0.3) is 0 Å². The molecule has 2 rings (SSSR count). The van der Waals surface area contributed by atoms with Crippen molar-refractivity contribution in [3.05, 3.63) is 0 Å². The maximum absolute atomic E-state index is 6.06. The molecule has 0 aromatic carbocycles. The van der Waals surface area contributed by atoms with Gasteiger partial charge in [-0.3, -0.25) is 4.90 Å². The number of halogens is 1. The molecule has 0 N–H and O–H groups in total. The number of ether oxygens (including phenoxy) is 1. The summed E-state index contributed by atoms with van der Waals surface area (Å²) in [6.45, 7) is 4.38. The third kappa shape index (κ3) is 3.33. The maximum atomic E-state index is 6.06. The molecule has 2 unspecified atom stereocenters. The van der Waals surface area contributed by atoms with Crippen molar-refractivity contribution in [2.45, 2.75) is 38.1 Å². The van der Waals surface area contributed by atoms with Crippen LogP contribution in [0, 0.1) is 5.92 Å². The molecule has 2 saturated heterocycles. The second-order valence-electron chi connectivity index (χ2n) is 4.88. The van der Waals surface area contributed by atoms with Crippen molar-refractivity contribution in [1.29, 1.82) is 0 Å². The zero-order valence-corrected chi connectivity index (χ0v) is 10.2. The van der Waals surface area contributed by atoms with Crippen LogP contribution in [0.1, 0.15) is 32.1 Å². The van der Waals surface area contributed by atoms with Gasteiger partial charge in [0.1, 0.15) is 0 Å². The van der Waals surface area contributed by atoms with Gasteiger partial charge in [-0.15, -0.1) is 11.6 Å². The van der Waals surface area contributed by atoms with E-state index in [4.69, 9.17) is 16.3 Å². The molecule has 2 atom stereocenters. The average Bonchev–Trinajstić information content (AvgIpc) is 2.64. The van der Waals surface area contributed by atoms with Crippen molar-refractivity contribution < 1.29 is 4.74 Å². The number of nitrogens with zero attached hydrogens (tertiary/aromatic N) is 1. The van der Waals surface area contributed by atoms with Gasteiger partial charge in [0.25, 0.3) is 0 Å². The third-order valence-corrected chi connectivity index (χ3v) is 4.05. The zero-order chi connectivity index (χ0) is 10.5. The van der Waals surface area contributed by atoms with E-state index in [0.717, 1.165) is 25.0 Å². The maximum Gasteiger partial charge on any atom is 0.0507 e. The largest absolute Gasteiger partial charge is 0.381 e. The Kier molecular flexibility index (Phi) is 4.73. The van der Waals surface area contributed by atoms with Crippen LogP contribution >= 0.6 is 11.6 Å². The van der Waals surface area contributed by atoms with Crippen molar-refractivity contribution >= 4 is 11.6 Å². The van der Waals surface area contributed by atoms with Crippen molar-refractivity contribution in [1.82, 2.24) is 4.90 Å². The number of hydrogen-bond acceptors (Lipinski definition) is 2. The van der Waals surface area contributed by atoms with Crippen LogP contribution in [-0.2, 0) is 4.74 Å². The van der Waals surface area contributed by atoms with Gasteiger partial charge in [0, 0.05) is 25.1 Å². The molecule has 15 heavy (non-hydrogen) atoms. The fourth-order valence-electron chi connectivity index (χ4n) is 2.71. The van der Waals surface area contributed by atoms with E-state index >= 15 is 0 Å². The highest BCUT2D eigenvalue weighted by molar-refractivity contribution is 6.18. The first-order valence-electron chi connectivity index (χ1n) is 6.28. The SMILES string of the molecule is ClCC1CCCCCN1CC1CCOC1. The van der Waals surface area contributed by atoms with Crippen LogP contribution in [0.5, 0.6) is 0 Å². The first-order valence-corrected chi connectivity index (χ1v) is 6.81. The van der Waals surface area contributed by atoms with Gasteiger partial charge in [-0.05, 0) is 31.7 Å². The van der Waals surface area contributed by atoms with Gasteiger partial charge in [-0.25, -0.2) is 0 Å². The summed E-state index contributed by atoms with van der Waals surface area (Å²) in [4.78, 5) is 2.61. The summed E-state index contributed by atoms with van der Waals surface area (Å²) < 4.78 is 5.44. The van der Waals surface area contributed by atoms with Crippen molar-refractivity contribution in [3.8, 4) is 0 Å². The summed E-state index contributed by atoms with van der Waals surface area (Å²) in [5, 5.41) is 0. The standard InChI is InChI=1S/C12H22ClNO/c13-8-12-4-2-1-3-6-14(12)9-11-5-7-15-10-11/h11-12H,1-10H2. The average molecular weight is 232 g/mol. The lowest BCUT2D eigenvalue weighted by Gasteiger charge is -2.30. The van der Waals surface area contributed by atoms with Gasteiger partial charge in [-0.2, -0.15) is 0 Å². The van der Waals surface area contributed by atoms with Crippen LogP contribution in [0.15, 0.2) is 0 Å². The molecule has 2 heterocycles. The number of hydrogen-bond donors (Lipinski definition) is 0. The Morgan fingerprint density at radius 1 is 1.20 bits per heavy atom. The molecule has 0 aromatic rings. The Balaban J connectivity index is 1.85. The zero-order valence-electron chi connectivity index (χ0n) is 9.46. The normalized spacial score (nSPS) is 34.2. The minimum absolute atomic E-state index is 0.620. The first kappa shape index (κ1) is 11.7. The molecular formula is C12H22ClNO. The van der Waals surface area contributed by atoms with E-state index in [2.05, 4.69) is 4.90 Å². The second kappa shape index (κ2) is 6.07. The molecule has 0 amide bonds. The van der Waals surface area contributed by atoms with E-state index < -0.39 is 0 Å². The minimum Gasteiger partial charge on any atom is -0.381 e. The van der Waals surface area contributed by atoms with E-state index in [1.807, 2.05) is 0 Å². The van der Waals surface area contributed by atoms with Gasteiger partial charge < -0.3 is 4.74 Å². The van der Waals surface area contributed by atoms with E-state index in [1.165, 1.54) is 45.2 Å². The lowest BCUT2D eigenvalue weighted by atomic mass is 10.1. The minimum atomic E-state index is 0.620. The van der Waals surface area contributed by atoms with Crippen molar-refractivity contribution in [3.63, 3.8) is 0 Å². The molecule has 88 valence electrons. The fraction of sp³-hybridized carbons (Fsp3) is 1.00. The highest BCUT2D eigenvalue weighted by atomic mass is 35.5. The fourth-order valence-corrected chi connectivity index (χ4v) is 3.06. The molecule has 0 bridgehead atoms. The summed E-state index contributed by atoms with van der Waals surface area (Å²) in [7, 11) is 0. The van der Waals surface area contributed by atoms with Crippen LogP contribution in [0.2, 0.25) is 0 Å². The predicted molar refractivity (Wildman–Crippen MR) is 63.5 cm³/mol. The van der Waals surface area contributed by atoms with Crippen molar-refractivity contribution in [2.24, 2.45) is 5.92 Å². The Hall–Kier alpha value is 0.210. The molecule has 2 fully saturated rings. The highest BCUT2D eigenvalue weighted by Crippen LogP contribution is 2.21. The van der Waals surface area contributed by atoms with Crippen LogP contribution < -0.4 is 0 Å². The monoisotopic (exact) mass is 231 g/mol. The van der Waals surface area contributed by atoms with Crippen LogP contribution in [0.4, 0.5) is 0 Å². The van der Waals surface area contributed by atoms with E-state index in [-0.39, 0.29) is 0 Å². The topological polar surface area (TPSA) is 12.5 Å². The molecule has 0 radical (unpaired) electrons. The Bertz CT molecular complexity index is 182. The summed E-state index contributed by atoms with van der Waals surface area (Å²) in [6.07, 6.45) is 6.61. The molecule has 2 aliphatic rings. The van der Waals surface area contributed by atoms with Gasteiger partial charge in [0.15, 0.2) is 0 Å². The quantitative estimate of drug-likeness (QED) is 0.693. The molecule has 0 aromatic heterocycles. The number of alkyl halides is 1. The number of likely N-dealkylation sites (tertiary alicyclic amines) is 1. The lowest BCUT2D eigenvalue weighted by molar-refractivity contribution is 0.150. The molecular weight excluding hydrogens is 210 g/mol. The van der Waals surface area contributed by atoms with E-state index in [9.17, 15) is 0 Å². The van der Waals surface area contributed by atoms with Gasteiger partial charge in [-0.1, -0.05) is 12.8 Å². The van der Waals surface area contributed by atoms with Crippen LogP contribution in [-0.4, -0.2) is 43.1 Å². The molecule has 0 aliphatic carbocycles. The summed E-state index contributed by atoms with van der Waals surface area (Å²) in [6, 6.07) is 0.620. The Morgan fingerprint density at radius 2 is 2.13 bits per heavy atom. The second-order valence-corrected chi connectivity index (χ2v) is 5.19. The molecule has 2 aliphatic heterocycles. The highest BCUT2D eigenvalue weighted by Gasteiger charge is 2.25. The molecule has 2 nitrogen and oxygen atoms in total. The predicted octanol–water partition coefficient (Wildman–Crippen LogP) is 2.51. The number of rotatable bonds is 3. The molecule has 3 heteroatoms. The van der Waals surface area contributed by atoms with Gasteiger partial charge >= 0.3 is 0 Å². The first-order chi connectivity index (χ1) is 7.40. The van der Waals surface area contributed by atoms with E-state index in [1.54, 1.807) is 0 Å². The Labute approximate surface area is 97.9 Å². The van der Waals surface area contributed by atoms with E-state index in [0.29, 0.717) is 6.04 Å². The van der Waals surface area contributed by atoms with Gasteiger partial charge in [0.2, 0.25) is 0 Å². The van der Waals surface area contributed by atoms with Crippen molar-refractivity contribution in [2.75, 3.05) is 32.2 Å². The molecule has 0 spiro atoms. The van der Waals surface area contributed by atoms with Crippen LogP contribution in [0.3, 0.4) is 0 Å².